The molecule has 2 N–H and O–H groups in total. The maximum atomic E-state index is 12.1. The highest BCUT2D eigenvalue weighted by atomic mass is 16.5. The van der Waals surface area contributed by atoms with Crippen molar-refractivity contribution in [3.8, 4) is 0 Å². The predicted octanol–water partition coefficient (Wildman–Crippen LogP) is -0.343. The van der Waals surface area contributed by atoms with Crippen LogP contribution in [-0.4, -0.2) is 67.7 Å². The Morgan fingerprint density at radius 2 is 2.24 bits per heavy atom. The van der Waals surface area contributed by atoms with Gasteiger partial charge in [0.15, 0.2) is 0 Å². The zero-order valence-corrected chi connectivity index (χ0v) is 10.6. The standard InChI is InChI=1S/C12H23N3O2/c1-14-5-3-6-15(11(8-13)12(14)16)9-10-4-2-7-17-10/h10-11H,2-9,13H2,1H3. The third kappa shape index (κ3) is 2.97. The second kappa shape index (κ2) is 5.80. The van der Waals surface area contributed by atoms with Crippen LogP contribution < -0.4 is 5.73 Å². The number of carbonyl (C=O) groups is 1. The smallest absolute Gasteiger partial charge is 0.240 e. The number of rotatable bonds is 3. The molecule has 2 heterocycles. The summed E-state index contributed by atoms with van der Waals surface area (Å²) in [5, 5.41) is 0. The van der Waals surface area contributed by atoms with Gasteiger partial charge < -0.3 is 15.4 Å². The highest BCUT2D eigenvalue weighted by molar-refractivity contribution is 5.82. The minimum Gasteiger partial charge on any atom is -0.377 e. The molecule has 2 saturated heterocycles. The first-order valence-electron chi connectivity index (χ1n) is 6.53. The monoisotopic (exact) mass is 241 g/mol. The summed E-state index contributed by atoms with van der Waals surface area (Å²) >= 11 is 0. The van der Waals surface area contributed by atoms with Gasteiger partial charge in [-0.3, -0.25) is 9.69 Å². The van der Waals surface area contributed by atoms with Crippen LogP contribution in [0.15, 0.2) is 0 Å². The Balaban J connectivity index is 1.99. The highest BCUT2D eigenvalue weighted by Crippen LogP contribution is 2.17. The van der Waals surface area contributed by atoms with Crippen molar-refractivity contribution in [3.63, 3.8) is 0 Å². The minimum atomic E-state index is -0.160. The Morgan fingerprint density at radius 1 is 1.41 bits per heavy atom. The lowest BCUT2D eigenvalue weighted by molar-refractivity contribution is -0.134. The molecule has 5 nitrogen and oxygen atoms in total. The minimum absolute atomic E-state index is 0.156. The lowest BCUT2D eigenvalue weighted by atomic mass is 10.1. The molecule has 5 heteroatoms. The van der Waals surface area contributed by atoms with Crippen molar-refractivity contribution in [1.82, 2.24) is 9.80 Å². The maximum Gasteiger partial charge on any atom is 0.240 e. The lowest BCUT2D eigenvalue weighted by Gasteiger charge is -2.30. The zero-order valence-electron chi connectivity index (χ0n) is 10.6. The number of amides is 1. The van der Waals surface area contributed by atoms with Gasteiger partial charge in [-0.2, -0.15) is 0 Å². The van der Waals surface area contributed by atoms with Gasteiger partial charge in [0.05, 0.1) is 6.10 Å². The molecule has 2 fully saturated rings. The van der Waals surface area contributed by atoms with Crippen molar-refractivity contribution < 1.29 is 9.53 Å². The van der Waals surface area contributed by atoms with Gasteiger partial charge in [-0.05, 0) is 19.3 Å². The summed E-state index contributed by atoms with van der Waals surface area (Å²) in [6, 6.07) is -0.160. The van der Waals surface area contributed by atoms with Crippen molar-refractivity contribution in [2.24, 2.45) is 5.73 Å². The highest BCUT2D eigenvalue weighted by Gasteiger charge is 2.32. The number of nitrogens with two attached hydrogens (primary N) is 1. The molecule has 0 radical (unpaired) electrons. The Hall–Kier alpha value is -0.650. The van der Waals surface area contributed by atoms with Gasteiger partial charge >= 0.3 is 0 Å². The van der Waals surface area contributed by atoms with E-state index in [0.29, 0.717) is 12.6 Å². The number of hydrogen-bond donors (Lipinski definition) is 1. The van der Waals surface area contributed by atoms with Gasteiger partial charge in [-0.1, -0.05) is 0 Å². The Labute approximate surface area is 103 Å². The Bertz CT molecular complexity index is 266. The van der Waals surface area contributed by atoms with Crippen LogP contribution in [0.25, 0.3) is 0 Å². The molecular weight excluding hydrogens is 218 g/mol. The quantitative estimate of drug-likeness (QED) is 0.734. The molecule has 0 saturated carbocycles. The van der Waals surface area contributed by atoms with Crippen molar-refractivity contribution in [2.75, 3.05) is 39.8 Å². The van der Waals surface area contributed by atoms with Crippen molar-refractivity contribution in [2.45, 2.75) is 31.4 Å². The van der Waals surface area contributed by atoms with Crippen molar-refractivity contribution in [1.29, 1.82) is 0 Å². The van der Waals surface area contributed by atoms with Gasteiger partial charge in [0, 0.05) is 39.8 Å². The van der Waals surface area contributed by atoms with Crippen LogP contribution in [0.2, 0.25) is 0 Å². The largest absolute Gasteiger partial charge is 0.377 e. The van der Waals surface area contributed by atoms with E-state index in [4.69, 9.17) is 10.5 Å². The molecule has 2 rings (SSSR count). The van der Waals surface area contributed by atoms with Gasteiger partial charge in [0.25, 0.3) is 0 Å². The summed E-state index contributed by atoms with van der Waals surface area (Å²) < 4.78 is 5.64. The van der Waals surface area contributed by atoms with Crippen LogP contribution in [0.4, 0.5) is 0 Å². The van der Waals surface area contributed by atoms with Gasteiger partial charge in [-0.25, -0.2) is 0 Å². The SMILES string of the molecule is CN1CCCN(CC2CCCO2)C(CN)C1=O. The molecule has 2 aliphatic heterocycles. The van der Waals surface area contributed by atoms with E-state index in [1.165, 1.54) is 0 Å². The van der Waals surface area contributed by atoms with Crippen LogP contribution in [0.3, 0.4) is 0 Å². The van der Waals surface area contributed by atoms with E-state index in [2.05, 4.69) is 4.90 Å². The summed E-state index contributed by atoms with van der Waals surface area (Å²) in [5.74, 6) is 0.156. The van der Waals surface area contributed by atoms with E-state index >= 15 is 0 Å². The van der Waals surface area contributed by atoms with E-state index < -0.39 is 0 Å². The number of nitrogens with zero attached hydrogens (tertiary/aromatic N) is 2. The fourth-order valence-electron chi connectivity index (χ4n) is 2.71. The van der Waals surface area contributed by atoms with Gasteiger partial charge in [0.2, 0.25) is 5.91 Å². The summed E-state index contributed by atoms with van der Waals surface area (Å²) in [6.07, 6.45) is 3.56. The topological polar surface area (TPSA) is 58.8 Å². The second-order valence-electron chi connectivity index (χ2n) is 4.99. The van der Waals surface area contributed by atoms with Crippen molar-refractivity contribution >= 4 is 5.91 Å². The summed E-state index contributed by atoms with van der Waals surface area (Å²) in [4.78, 5) is 16.1. The normalized spacial score (nSPS) is 31.9. The number of likely N-dealkylation sites (N-methyl/N-ethyl adjacent to an activating group) is 1. The third-order valence-corrected chi connectivity index (χ3v) is 3.73. The average molecular weight is 241 g/mol. The molecule has 17 heavy (non-hydrogen) atoms. The summed E-state index contributed by atoms with van der Waals surface area (Å²) in [7, 11) is 1.86. The first-order valence-corrected chi connectivity index (χ1v) is 6.53. The number of hydrogen-bond acceptors (Lipinski definition) is 4. The van der Waals surface area contributed by atoms with Gasteiger partial charge in [-0.15, -0.1) is 0 Å². The molecule has 0 spiro atoms. The van der Waals surface area contributed by atoms with E-state index in [-0.39, 0.29) is 11.9 Å². The molecule has 0 aromatic carbocycles. The van der Waals surface area contributed by atoms with E-state index in [0.717, 1.165) is 45.5 Å². The van der Waals surface area contributed by atoms with Crippen LogP contribution in [-0.2, 0) is 9.53 Å². The molecule has 98 valence electrons. The van der Waals surface area contributed by atoms with Gasteiger partial charge in [0.1, 0.15) is 6.04 Å². The van der Waals surface area contributed by atoms with Crippen LogP contribution in [0, 0.1) is 0 Å². The second-order valence-corrected chi connectivity index (χ2v) is 4.99. The fourth-order valence-corrected chi connectivity index (χ4v) is 2.71. The Kier molecular flexibility index (Phi) is 4.36. The zero-order chi connectivity index (χ0) is 12.3. The molecular formula is C12H23N3O2. The van der Waals surface area contributed by atoms with Crippen LogP contribution in [0.1, 0.15) is 19.3 Å². The molecule has 0 aromatic heterocycles. The van der Waals surface area contributed by atoms with Crippen LogP contribution in [0.5, 0.6) is 0 Å². The number of carbonyl (C=O) groups excluding carboxylic acids is 1. The van der Waals surface area contributed by atoms with Crippen LogP contribution >= 0.6 is 0 Å². The van der Waals surface area contributed by atoms with E-state index in [1.54, 1.807) is 4.90 Å². The summed E-state index contributed by atoms with van der Waals surface area (Å²) in [5.41, 5.74) is 5.76. The fraction of sp³-hybridized carbons (Fsp3) is 0.917. The molecule has 2 unspecified atom stereocenters. The first kappa shape index (κ1) is 12.8. The van der Waals surface area contributed by atoms with E-state index in [1.807, 2.05) is 7.05 Å². The Morgan fingerprint density at radius 3 is 2.88 bits per heavy atom. The molecule has 0 aliphatic carbocycles. The molecule has 1 amide bonds. The molecule has 0 aromatic rings. The average Bonchev–Trinajstić information content (AvgIpc) is 2.77. The van der Waals surface area contributed by atoms with E-state index in [9.17, 15) is 4.79 Å². The first-order chi connectivity index (χ1) is 8.22. The molecule has 0 bridgehead atoms. The van der Waals surface area contributed by atoms with Crippen molar-refractivity contribution in [3.05, 3.63) is 0 Å². The summed E-state index contributed by atoms with van der Waals surface area (Å²) in [6.45, 7) is 3.88. The third-order valence-electron chi connectivity index (χ3n) is 3.73. The molecule has 2 atom stereocenters. The predicted molar refractivity (Wildman–Crippen MR) is 65.6 cm³/mol. The number of ether oxygens (including phenoxy) is 1. The molecule has 2 aliphatic rings. The maximum absolute atomic E-state index is 12.1. The lowest BCUT2D eigenvalue weighted by Crippen LogP contribution is -2.51.